The lowest BCUT2D eigenvalue weighted by atomic mass is 10.1. The summed E-state index contributed by atoms with van der Waals surface area (Å²) in [5.41, 5.74) is 1.61. The largest absolute Gasteiger partial charge is 0.326 e. The lowest BCUT2D eigenvalue weighted by molar-refractivity contribution is -0.122. The maximum absolute atomic E-state index is 12.5. The average molecular weight is 419 g/mol. The number of anilines is 2. The van der Waals surface area contributed by atoms with Gasteiger partial charge in [-0.05, 0) is 36.4 Å². The van der Waals surface area contributed by atoms with Gasteiger partial charge in [-0.3, -0.25) is 9.59 Å². The van der Waals surface area contributed by atoms with E-state index < -0.39 is 5.92 Å². The Labute approximate surface area is 158 Å². The van der Waals surface area contributed by atoms with E-state index in [9.17, 15) is 9.59 Å². The Morgan fingerprint density at radius 2 is 2.12 bits per heavy atom. The van der Waals surface area contributed by atoms with Crippen LogP contribution in [0.1, 0.15) is 12.0 Å². The second-order valence-corrected chi connectivity index (χ2v) is 7.00. The number of nitrogens with zero attached hydrogens (tertiary/aromatic N) is 2. The number of nitrogens with one attached hydrogen (secondary N) is 1. The third-order valence-corrected chi connectivity index (χ3v) is 4.78. The quantitative estimate of drug-likeness (QED) is 0.820. The van der Waals surface area contributed by atoms with Crippen molar-refractivity contribution < 1.29 is 9.59 Å². The molecule has 0 bridgehead atoms. The van der Waals surface area contributed by atoms with Gasteiger partial charge >= 0.3 is 0 Å². The molecule has 1 atom stereocenters. The maximum Gasteiger partial charge on any atom is 0.229 e. The number of halogens is 2. The Balaban J connectivity index is 1.71. The SMILES string of the molecule is N#Cc1ccc(NC(=O)C2CC(=O)N(c3cccc(Br)c3)C2)cc1Cl. The zero-order valence-corrected chi connectivity index (χ0v) is 15.3. The molecule has 1 saturated heterocycles. The molecule has 2 aromatic rings. The molecule has 2 aromatic carbocycles. The standard InChI is InChI=1S/C18H13BrClN3O2/c19-13-2-1-3-15(7-13)23-10-12(6-17(23)24)18(25)22-14-5-4-11(9-21)16(20)8-14/h1-5,7-8,12H,6,10H2,(H,22,25). The minimum Gasteiger partial charge on any atom is -0.326 e. The van der Waals surface area contributed by atoms with Crippen LogP contribution in [0.5, 0.6) is 0 Å². The van der Waals surface area contributed by atoms with Gasteiger partial charge < -0.3 is 10.2 Å². The van der Waals surface area contributed by atoms with Crippen LogP contribution >= 0.6 is 27.5 Å². The van der Waals surface area contributed by atoms with E-state index in [4.69, 9.17) is 16.9 Å². The van der Waals surface area contributed by atoms with Gasteiger partial charge in [0, 0.05) is 28.8 Å². The summed E-state index contributed by atoms with van der Waals surface area (Å²) in [7, 11) is 0. The zero-order valence-electron chi connectivity index (χ0n) is 13.0. The first kappa shape index (κ1) is 17.5. The van der Waals surface area contributed by atoms with Gasteiger partial charge in [0.15, 0.2) is 0 Å². The Hall–Kier alpha value is -2.36. The molecule has 1 unspecified atom stereocenters. The van der Waals surface area contributed by atoms with Crippen molar-refractivity contribution in [3.8, 4) is 6.07 Å². The monoisotopic (exact) mass is 417 g/mol. The molecule has 0 aliphatic carbocycles. The van der Waals surface area contributed by atoms with E-state index in [1.165, 1.54) is 6.07 Å². The molecule has 5 nitrogen and oxygen atoms in total. The molecule has 1 aliphatic heterocycles. The minimum atomic E-state index is -0.444. The van der Waals surface area contributed by atoms with Gasteiger partial charge in [0.2, 0.25) is 11.8 Å². The van der Waals surface area contributed by atoms with Crippen LogP contribution in [0.2, 0.25) is 5.02 Å². The van der Waals surface area contributed by atoms with Gasteiger partial charge in [-0.15, -0.1) is 0 Å². The van der Waals surface area contributed by atoms with E-state index in [2.05, 4.69) is 21.2 Å². The lowest BCUT2D eigenvalue weighted by Crippen LogP contribution is -2.28. The first-order valence-electron chi connectivity index (χ1n) is 7.54. The molecule has 25 heavy (non-hydrogen) atoms. The normalized spacial score (nSPS) is 16.6. The minimum absolute atomic E-state index is 0.0869. The van der Waals surface area contributed by atoms with Crippen LogP contribution in [-0.4, -0.2) is 18.4 Å². The summed E-state index contributed by atoms with van der Waals surface area (Å²) < 4.78 is 0.873. The number of amides is 2. The van der Waals surface area contributed by atoms with Gasteiger partial charge in [0.1, 0.15) is 6.07 Å². The van der Waals surface area contributed by atoms with Crippen LogP contribution in [-0.2, 0) is 9.59 Å². The molecule has 1 aliphatic rings. The molecule has 0 aromatic heterocycles. The van der Waals surface area contributed by atoms with Crippen LogP contribution in [0, 0.1) is 17.2 Å². The number of carbonyl (C=O) groups is 2. The van der Waals surface area contributed by atoms with Gasteiger partial charge in [0.25, 0.3) is 0 Å². The highest BCUT2D eigenvalue weighted by molar-refractivity contribution is 9.10. The Bertz CT molecular complexity index is 894. The lowest BCUT2D eigenvalue weighted by Gasteiger charge is -2.17. The summed E-state index contributed by atoms with van der Waals surface area (Å²) >= 11 is 9.36. The fraction of sp³-hybridized carbons (Fsp3) is 0.167. The van der Waals surface area contributed by atoms with Crippen LogP contribution in [0.4, 0.5) is 11.4 Å². The smallest absolute Gasteiger partial charge is 0.229 e. The second kappa shape index (κ2) is 7.26. The molecule has 2 amide bonds. The van der Waals surface area contributed by atoms with E-state index in [1.807, 2.05) is 30.3 Å². The molecular formula is C18H13BrClN3O2. The van der Waals surface area contributed by atoms with E-state index in [0.29, 0.717) is 17.8 Å². The van der Waals surface area contributed by atoms with Crippen molar-refractivity contribution in [3.05, 3.63) is 57.5 Å². The van der Waals surface area contributed by atoms with Gasteiger partial charge in [-0.25, -0.2) is 0 Å². The Kier molecular flexibility index (Phi) is 5.07. The fourth-order valence-electron chi connectivity index (χ4n) is 2.70. The zero-order chi connectivity index (χ0) is 18.0. The van der Waals surface area contributed by atoms with Gasteiger partial charge in [-0.1, -0.05) is 33.6 Å². The van der Waals surface area contributed by atoms with Crippen LogP contribution in [0.15, 0.2) is 46.9 Å². The summed E-state index contributed by atoms with van der Waals surface area (Å²) in [6, 6.07) is 14.1. The first-order valence-corrected chi connectivity index (χ1v) is 8.71. The first-order chi connectivity index (χ1) is 12.0. The molecule has 126 valence electrons. The van der Waals surface area contributed by atoms with E-state index in [1.54, 1.807) is 17.0 Å². The van der Waals surface area contributed by atoms with Crippen molar-refractivity contribution in [1.82, 2.24) is 0 Å². The molecule has 1 heterocycles. The van der Waals surface area contributed by atoms with E-state index >= 15 is 0 Å². The molecule has 0 radical (unpaired) electrons. The molecule has 1 N–H and O–H groups in total. The molecule has 1 fully saturated rings. The summed E-state index contributed by atoms with van der Waals surface area (Å²) in [5.74, 6) is -0.774. The predicted octanol–water partition coefficient (Wildman–Crippen LogP) is 3.97. The van der Waals surface area contributed by atoms with Crippen LogP contribution in [0.3, 0.4) is 0 Å². The molecule has 0 saturated carbocycles. The van der Waals surface area contributed by atoms with E-state index in [0.717, 1.165) is 10.2 Å². The van der Waals surface area contributed by atoms with Crippen molar-refractivity contribution in [2.75, 3.05) is 16.8 Å². The third kappa shape index (κ3) is 3.84. The van der Waals surface area contributed by atoms with E-state index in [-0.39, 0.29) is 23.3 Å². The highest BCUT2D eigenvalue weighted by Crippen LogP contribution is 2.28. The predicted molar refractivity (Wildman–Crippen MR) is 99.4 cm³/mol. The van der Waals surface area contributed by atoms with Crippen LogP contribution in [0.25, 0.3) is 0 Å². The summed E-state index contributed by atoms with van der Waals surface area (Å²) in [6.07, 6.45) is 0.155. The molecule has 7 heteroatoms. The second-order valence-electron chi connectivity index (χ2n) is 5.68. The van der Waals surface area contributed by atoms with Crippen molar-refractivity contribution in [2.24, 2.45) is 5.92 Å². The topological polar surface area (TPSA) is 73.2 Å². The van der Waals surface area contributed by atoms with Crippen molar-refractivity contribution >= 4 is 50.7 Å². The fourth-order valence-corrected chi connectivity index (χ4v) is 3.31. The number of hydrogen-bond donors (Lipinski definition) is 1. The maximum atomic E-state index is 12.5. The Morgan fingerprint density at radius 3 is 2.80 bits per heavy atom. The molecule has 0 spiro atoms. The summed E-state index contributed by atoms with van der Waals surface area (Å²) in [6.45, 7) is 0.325. The number of benzene rings is 2. The number of carbonyl (C=O) groups excluding carboxylic acids is 2. The highest BCUT2D eigenvalue weighted by atomic mass is 79.9. The summed E-state index contributed by atoms with van der Waals surface area (Å²) in [4.78, 5) is 26.3. The molecule has 3 rings (SSSR count). The highest BCUT2D eigenvalue weighted by Gasteiger charge is 2.35. The Morgan fingerprint density at radius 1 is 1.32 bits per heavy atom. The van der Waals surface area contributed by atoms with Crippen LogP contribution < -0.4 is 10.2 Å². The molecular weight excluding hydrogens is 406 g/mol. The summed E-state index contributed by atoms with van der Waals surface area (Å²) in [5, 5.41) is 11.9. The number of hydrogen-bond acceptors (Lipinski definition) is 3. The third-order valence-electron chi connectivity index (χ3n) is 3.97. The van der Waals surface area contributed by atoms with Gasteiger partial charge in [0.05, 0.1) is 16.5 Å². The number of nitriles is 1. The van der Waals surface area contributed by atoms with Crippen molar-refractivity contribution in [1.29, 1.82) is 5.26 Å². The van der Waals surface area contributed by atoms with Crippen molar-refractivity contribution in [2.45, 2.75) is 6.42 Å². The average Bonchev–Trinajstić information content (AvgIpc) is 2.97. The van der Waals surface area contributed by atoms with Gasteiger partial charge in [-0.2, -0.15) is 5.26 Å². The van der Waals surface area contributed by atoms with Crippen molar-refractivity contribution in [3.63, 3.8) is 0 Å². The number of rotatable bonds is 3.